The quantitative estimate of drug-likeness (QED) is 0.287. The summed E-state index contributed by atoms with van der Waals surface area (Å²) in [5.41, 5.74) is -0.629. The lowest BCUT2D eigenvalue weighted by Gasteiger charge is -2.30. The number of ether oxygens (including phenoxy) is 1. The van der Waals surface area contributed by atoms with Crippen LogP contribution in [0.4, 0.5) is 24.9 Å². The molecule has 0 amide bonds. The average molecular weight is 497 g/mol. The normalized spacial score (nSPS) is 22.7. The highest BCUT2D eigenvalue weighted by Gasteiger charge is 2.47. The largest absolute Gasteiger partial charge is 0.497 e. The Labute approximate surface area is 196 Å². The summed E-state index contributed by atoms with van der Waals surface area (Å²) in [6.45, 7) is 0.225. The van der Waals surface area contributed by atoms with E-state index in [1.165, 1.54) is 18.4 Å². The second-order valence-corrected chi connectivity index (χ2v) is 9.04. The lowest BCUT2D eigenvalue weighted by atomic mass is 10.0. The van der Waals surface area contributed by atoms with Crippen molar-refractivity contribution in [1.29, 1.82) is 0 Å². The molecule has 1 fully saturated rings. The lowest BCUT2D eigenvalue weighted by Crippen LogP contribution is -2.47. The van der Waals surface area contributed by atoms with Crippen molar-refractivity contribution < 1.29 is 32.9 Å². The van der Waals surface area contributed by atoms with Gasteiger partial charge in [-0.2, -0.15) is 18.2 Å². The summed E-state index contributed by atoms with van der Waals surface area (Å²) in [6.07, 6.45) is -5.10. The number of anilines is 2. The maximum absolute atomic E-state index is 12.7. The molecule has 9 nitrogen and oxygen atoms in total. The molecule has 2 heterocycles. The van der Waals surface area contributed by atoms with Crippen LogP contribution in [0.3, 0.4) is 0 Å². The van der Waals surface area contributed by atoms with E-state index in [4.69, 9.17) is 4.74 Å². The SMILES string of the molecule is COc1ccc2sc(-c3c(C)nc(NCC(F)(F)F)nc3NC3(O)CCC(C=O)C3O)nc2c1. The third kappa shape index (κ3) is 4.76. The molecule has 13 heteroatoms. The highest BCUT2D eigenvalue weighted by atomic mass is 32.1. The summed E-state index contributed by atoms with van der Waals surface area (Å²) in [7, 11) is 1.53. The van der Waals surface area contributed by atoms with Crippen LogP contribution >= 0.6 is 11.3 Å². The first-order valence-corrected chi connectivity index (χ1v) is 11.1. The number of halogens is 3. The number of carbonyl (C=O) groups excluding carboxylic acids is 1. The minimum absolute atomic E-state index is 0.0173. The van der Waals surface area contributed by atoms with Crippen LogP contribution in [0.15, 0.2) is 18.2 Å². The molecular weight excluding hydrogens is 475 g/mol. The number of rotatable bonds is 7. The van der Waals surface area contributed by atoms with Gasteiger partial charge < -0.3 is 30.4 Å². The van der Waals surface area contributed by atoms with Crippen molar-refractivity contribution in [1.82, 2.24) is 15.0 Å². The number of aryl methyl sites for hydroxylation is 1. The zero-order valence-corrected chi connectivity index (χ0v) is 19.0. The molecule has 34 heavy (non-hydrogen) atoms. The molecule has 0 spiro atoms. The Bertz CT molecular complexity index is 1220. The standard InChI is InChI=1S/C21H22F3N5O4S/c1-10-15(18-27-13-7-12(33-2)3-4-14(13)34-18)17(28-19(26-10)25-9-21(22,23)24)29-20(32)6-5-11(8-30)16(20)31/h3-4,7-8,11,16,31-32H,5-6,9H2,1-2H3,(H2,25,26,28,29). The Morgan fingerprint density at radius 3 is 2.74 bits per heavy atom. The topological polar surface area (TPSA) is 129 Å². The third-order valence-electron chi connectivity index (χ3n) is 5.61. The second-order valence-electron chi connectivity index (χ2n) is 8.01. The van der Waals surface area contributed by atoms with E-state index in [1.54, 1.807) is 19.1 Å². The predicted molar refractivity (Wildman–Crippen MR) is 120 cm³/mol. The molecule has 3 atom stereocenters. The maximum Gasteiger partial charge on any atom is 0.405 e. The van der Waals surface area contributed by atoms with Crippen LogP contribution in [-0.2, 0) is 4.79 Å². The predicted octanol–water partition coefficient (Wildman–Crippen LogP) is 3.11. The van der Waals surface area contributed by atoms with Gasteiger partial charge in [-0.25, -0.2) is 9.97 Å². The maximum atomic E-state index is 12.7. The number of nitrogens with zero attached hydrogens (tertiary/aromatic N) is 3. The number of aromatic nitrogens is 3. The van der Waals surface area contributed by atoms with Crippen LogP contribution < -0.4 is 15.4 Å². The fourth-order valence-corrected chi connectivity index (χ4v) is 4.89. The van der Waals surface area contributed by atoms with Gasteiger partial charge in [0.2, 0.25) is 5.95 Å². The van der Waals surface area contributed by atoms with E-state index in [1.807, 2.05) is 6.07 Å². The van der Waals surface area contributed by atoms with E-state index in [0.29, 0.717) is 33.8 Å². The monoisotopic (exact) mass is 497 g/mol. The van der Waals surface area contributed by atoms with Crippen LogP contribution in [0.5, 0.6) is 5.75 Å². The molecule has 4 rings (SSSR count). The number of alkyl halides is 3. The third-order valence-corrected chi connectivity index (χ3v) is 6.66. The van der Waals surface area contributed by atoms with Crippen LogP contribution in [-0.4, -0.2) is 63.1 Å². The van der Waals surface area contributed by atoms with Gasteiger partial charge in [0.05, 0.1) is 28.6 Å². The highest BCUT2D eigenvalue weighted by Crippen LogP contribution is 2.40. The summed E-state index contributed by atoms with van der Waals surface area (Å²) in [4.78, 5) is 24.1. The Morgan fingerprint density at radius 1 is 1.32 bits per heavy atom. The van der Waals surface area contributed by atoms with Gasteiger partial charge in [0.1, 0.15) is 35.5 Å². The van der Waals surface area contributed by atoms with E-state index in [-0.39, 0.29) is 24.6 Å². The molecule has 0 aliphatic heterocycles. The van der Waals surface area contributed by atoms with Crippen molar-refractivity contribution in [3.8, 4) is 16.3 Å². The number of fused-ring (bicyclic) bond motifs is 1. The van der Waals surface area contributed by atoms with E-state index < -0.39 is 30.5 Å². The van der Waals surface area contributed by atoms with Gasteiger partial charge in [0, 0.05) is 12.0 Å². The molecule has 0 bridgehead atoms. The summed E-state index contributed by atoms with van der Waals surface area (Å²) in [5.74, 6) is -0.518. The van der Waals surface area contributed by atoms with Gasteiger partial charge in [0.15, 0.2) is 5.72 Å². The fraction of sp³-hybridized carbons (Fsp3) is 0.429. The van der Waals surface area contributed by atoms with E-state index >= 15 is 0 Å². The number of methoxy groups -OCH3 is 1. The number of nitrogens with one attached hydrogen (secondary N) is 2. The molecule has 3 aromatic rings. The van der Waals surface area contributed by atoms with Crippen molar-refractivity contribution in [3.63, 3.8) is 0 Å². The number of thiazole rings is 1. The zero-order valence-electron chi connectivity index (χ0n) is 18.2. The number of hydrogen-bond donors (Lipinski definition) is 4. The van der Waals surface area contributed by atoms with Gasteiger partial charge in [-0.3, -0.25) is 0 Å². The molecule has 2 aromatic heterocycles. The van der Waals surface area contributed by atoms with Gasteiger partial charge in [-0.1, -0.05) is 0 Å². The minimum Gasteiger partial charge on any atom is -0.497 e. The number of aliphatic hydroxyl groups is 2. The van der Waals surface area contributed by atoms with Crippen molar-refractivity contribution in [3.05, 3.63) is 23.9 Å². The molecule has 182 valence electrons. The van der Waals surface area contributed by atoms with E-state index in [2.05, 4.69) is 25.6 Å². The molecule has 0 radical (unpaired) electrons. The molecular formula is C21H22F3N5O4S. The first-order valence-electron chi connectivity index (χ1n) is 10.3. The zero-order chi connectivity index (χ0) is 24.7. The molecule has 1 aliphatic carbocycles. The fourth-order valence-electron chi connectivity index (χ4n) is 3.85. The molecule has 4 N–H and O–H groups in total. The molecule has 1 aromatic carbocycles. The Hall–Kier alpha value is -3.03. The van der Waals surface area contributed by atoms with Crippen LogP contribution in [0.2, 0.25) is 0 Å². The summed E-state index contributed by atoms with van der Waals surface area (Å²) >= 11 is 1.30. The van der Waals surface area contributed by atoms with Crippen molar-refractivity contribution >= 4 is 39.6 Å². The lowest BCUT2D eigenvalue weighted by molar-refractivity contribution is -0.117. The Morgan fingerprint density at radius 2 is 2.09 bits per heavy atom. The smallest absolute Gasteiger partial charge is 0.405 e. The van der Waals surface area contributed by atoms with Crippen LogP contribution in [0, 0.1) is 12.8 Å². The van der Waals surface area contributed by atoms with Crippen molar-refractivity contribution in [2.45, 2.75) is 37.8 Å². The number of carbonyl (C=O) groups is 1. The first-order chi connectivity index (χ1) is 16.0. The van der Waals surface area contributed by atoms with Crippen LogP contribution in [0.25, 0.3) is 20.8 Å². The van der Waals surface area contributed by atoms with E-state index in [9.17, 15) is 28.2 Å². The van der Waals surface area contributed by atoms with Crippen molar-refractivity contribution in [2.24, 2.45) is 5.92 Å². The minimum atomic E-state index is -4.49. The average Bonchev–Trinajstić information content (AvgIpc) is 3.31. The first kappa shape index (κ1) is 24.1. The molecule has 1 aliphatic rings. The van der Waals surface area contributed by atoms with Gasteiger partial charge >= 0.3 is 6.18 Å². The van der Waals surface area contributed by atoms with Gasteiger partial charge in [0.25, 0.3) is 0 Å². The summed E-state index contributed by atoms with van der Waals surface area (Å²) in [5, 5.41) is 26.8. The highest BCUT2D eigenvalue weighted by molar-refractivity contribution is 7.21. The number of aldehydes is 1. The van der Waals surface area contributed by atoms with Crippen LogP contribution in [0.1, 0.15) is 18.5 Å². The van der Waals surface area contributed by atoms with Gasteiger partial charge in [-0.05, 0) is 31.9 Å². The summed E-state index contributed by atoms with van der Waals surface area (Å²) < 4.78 is 44.2. The Balaban J connectivity index is 1.79. The number of benzene rings is 1. The number of aliphatic hydroxyl groups excluding tert-OH is 1. The Kier molecular flexibility index (Phi) is 6.36. The molecule has 0 saturated heterocycles. The molecule has 1 saturated carbocycles. The van der Waals surface area contributed by atoms with Crippen molar-refractivity contribution in [2.75, 3.05) is 24.3 Å². The van der Waals surface area contributed by atoms with E-state index in [0.717, 1.165) is 4.70 Å². The summed E-state index contributed by atoms with van der Waals surface area (Å²) in [6, 6.07) is 5.33. The molecule has 3 unspecified atom stereocenters. The second kappa shape index (κ2) is 8.96. The van der Waals surface area contributed by atoms with Gasteiger partial charge in [-0.15, -0.1) is 11.3 Å². The number of hydrogen-bond acceptors (Lipinski definition) is 10.